The molecule has 1 aromatic heterocycles. The lowest BCUT2D eigenvalue weighted by Gasteiger charge is -2.12. The van der Waals surface area contributed by atoms with Gasteiger partial charge in [0.05, 0.1) is 25.2 Å². The van der Waals surface area contributed by atoms with Crippen LogP contribution in [-0.4, -0.2) is 12.1 Å². The summed E-state index contributed by atoms with van der Waals surface area (Å²) in [5, 5.41) is 8.80. The SMILES string of the molecule is COc1nccc(CC#N)c1-c1cccc(F)c1F. The summed E-state index contributed by atoms with van der Waals surface area (Å²) in [6, 6.07) is 7.43. The fourth-order valence-corrected chi connectivity index (χ4v) is 1.85. The van der Waals surface area contributed by atoms with Gasteiger partial charge < -0.3 is 4.74 Å². The Morgan fingerprint density at radius 1 is 1.32 bits per heavy atom. The van der Waals surface area contributed by atoms with Crippen LogP contribution in [0.1, 0.15) is 5.56 Å². The molecule has 0 atom stereocenters. The van der Waals surface area contributed by atoms with Crippen molar-refractivity contribution in [3.05, 3.63) is 47.7 Å². The molecule has 0 bridgehead atoms. The number of aromatic nitrogens is 1. The topological polar surface area (TPSA) is 45.9 Å². The van der Waals surface area contributed by atoms with E-state index in [4.69, 9.17) is 10.00 Å². The lowest BCUT2D eigenvalue weighted by molar-refractivity contribution is 0.398. The molecule has 0 aliphatic carbocycles. The van der Waals surface area contributed by atoms with E-state index in [2.05, 4.69) is 4.98 Å². The molecule has 0 aliphatic heterocycles. The van der Waals surface area contributed by atoms with Crippen molar-refractivity contribution < 1.29 is 13.5 Å². The Labute approximate surface area is 109 Å². The molecule has 2 aromatic rings. The fraction of sp³-hybridized carbons (Fsp3) is 0.143. The Kier molecular flexibility index (Phi) is 3.71. The molecule has 0 amide bonds. The van der Waals surface area contributed by atoms with Crippen LogP contribution in [0.5, 0.6) is 5.88 Å². The molecule has 5 heteroatoms. The van der Waals surface area contributed by atoms with Crippen LogP contribution in [0.25, 0.3) is 11.1 Å². The number of rotatable bonds is 3. The molecule has 0 aliphatic rings. The summed E-state index contributed by atoms with van der Waals surface area (Å²) in [4.78, 5) is 3.97. The number of nitrogens with zero attached hydrogens (tertiary/aromatic N) is 2. The standard InChI is InChI=1S/C14H10F2N2O/c1-19-14-12(9(5-7-17)6-8-18-14)10-3-2-4-11(15)13(10)16/h2-4,6,8H,5H2,1H3. The van der Waals surface area contributed by atoms with Gasteiger partial charge in [-0.25, -0.2) is 13.8 Å². The van der Waals surface area contributed by atoms with Gasteiger partial charge in [-0.1, -0.05) is 12.1 Å². The Balaban J connectivity index is 2.73. The lowest BCUT2D eigenvalue weighted by Crippen LogP contribution is -1.99. The van der Waals surface area contributed by atoms with E-state index in [0.29, 0.717) is 11.1 Å². The van der Waals surface area contributed by atoms with Crippen molar-refractivity contribution in [1.82, 2.24) is 4.98 Å². The van der Waals surface area contributed by atoms with E-state index in [-0.39, 0.29) is 17.9 Å². The van der Waals surface area contributed by atoms with Crippen molar-refractivity contribution in [2.45, 2.75) is 6.42 Å². The van der Waals surface area contributed by atoms with Gasteiger partial charge in [0.25, 0.3) is 0 Å². The number of nitriles is 1. The van der Waals surface area contributed by atoms with Crippen molar-refractivity contribution >= 4 is 0 Å². The van der Waals surface area contributed by atoms with E-state index in [9.17, 15) is 8.78 Å². The Hall–Kier alpha value is -2.48. The van der Waals surface area contributed by atoms with E-state index in [1.165, 1.54) is 25.4 Å². The Morgan fingerprint density at radius 2 is 2.11 bits per heavy atom. The molecule has 0 fully saturated rings. The van der Waals surface area contributed by atoms with Gasteiger partial charge in [0, 0.05) is 11.8 Å². The van der Waals surface area contributed by atoms with Crippen LogP contribution < -0.4 is 4.74 Å². The zero-order valence-corrected chi connectivity index (χ0v) is 10.2. The highest BCUT2D eigenvalue weighted by Gasteiger charge is 2.18. The second kappa shape index (κ2) is 5.44. The molecule has 96 valence electrons. The number of pyridine rings is 1. The monoisotopic (exact) mass is 260 g/mol. The summed E-state index contributed by atoms with van der Waals surface area (Å²) in [6.45, 7) is 0. The van der Waals surface area contributed by atoms with E-state index >= 15 is 0 Å². The van der Waals surface area contributed by atoms with Crippen LogP contribution in [0.4, 0.5) is 8.78 Å². The molecule has 0 unspecified atom stereocenters. The molecule has 2 rings (SSSR count). The quantitative estimate of drug-likeness (QED) is 0.851. The van der Waals surface area contributed by atoms with Gasteiger partial charge in [-0.15, -0.1) is 0 Å². The summed E-state index contributed by atoms with van der Waals surface area (Å²) in [5.74, 6) is -1.77. The minimum Gasteiger partial charge on any atom is -0.481 e. The van der Waals surface area contributed by atoms with Gasteiger partial charge >= 0.3 is 0 Å². The molecule has 0 spiro atoms. The second-order valence-corrected chi connectivity index (χ2v) is 3.79. The van der Waals surface area contributed by atoms with Crippen LogP contribution in [0, 0.1) is 23.0 Å². The first-order valence-corrected chi connectivity index (χ1v) is 5.52. The molecular weight excluding hydrogens is 250 g/mol. The van der Waals surface area contributed by atoms with E-state index in [1.54, 1.807) is 6.07 Å². The van der Waals surface area contributed by atoms with Crippen LogP contribution in [-0.2, 0) is 6.42 Å². The maximum atomic E-state index is 13.9. The number of ether oxygens (including phenoxy) is 1. The maximum Gasteiger partial charge on any atom is 0.221 e. The summed E-state index contributed by atoms with van der Waals surface area (Å²) < 4.78 is 32.3. The van der Waals surface area contributed by atoms with Crippen LogP contribution in [0.2, 0.25) is 0 Å². The predicted molar refractivity (Wildman–Crippen MR) is 65.5 cm³/mol. The molecule has 1 aromatic carbocycles. The van der Waals surface area contributed by atoms with Crippen LogP contribution in [0.3, 0.4) is 0 Å². The lowest BCUT2D eigenvalue weighted by atomic mass is 9.99. The van der Waals surface area contributed by atoms with Crippen molar-refractivity contribution in [3.8, 4) is 23.1 Å². The minimum atomic E-state index is -0.979. The largest absolute Gasteiger partial charge is 0.481 e. The average Bonchev–Trinajstić information content (AvgIpc) is 2.42. The highest BCUT2D eigenvalue weighted by Crippen LogP contribution is 2.34. The molecule has 0 N–H and O–H groups in total. The zero-order valence-electron chi connectivity index (χ0n) is 10.2. The Morgan fingerprint density at radius 3 is 2.79 bits per heavy atom. The molecule has 3 nitrogen and oxygen atoms in total. The first kappa shape index (κ1) is 13.0. The molecule has 0 saturated heterocycles. The third-order valence-corrected chi connectivity index (χ3v) is 2.69. The fourth-order valence-electron chi connectivity index (χ4n) is 1.85. The van der Waals surface area contributed by atoms with Crippen molar-refractivity contribution in [1.29, 1.82) is 5.26 Å². The number of hydrogen-bond acceptors (Lipinski definition) is 3. The van der Waals surface area contributed by atoms with Crippen LogP contribution >= 0.6 is 0 Å². The summed E-state index contributed by atoms with van der Waals surface area (Å²) >= 11 is 0. The third kappa shape index (κ3) is 2.38. The Bertz CT molecular complexity index is 650. The van der Waals surface area contributed by atoms with Gasteiger partial charge in [0.1, 0.15) is 0 Å². The molecule has 1 heterocycles. The van der Waals surface area contributed by atoms with Crippen molar-refractivity contribution in [3.63, 3.8) is 0 Å². The smallest absolute Gasteiger partial charge is 0.221 e. The molecule has 19 heavy (non-hydrogen) atoms. The van der Waals surface area contributed by atoms with Gasteiger partial charge in [0.2, 0.25) is 5.88 Å². The zero-order chi connectivity index (χ0) is 13.8. The summed E-state index contributed by atoms with van der Waals surface area (Å²) in [6.07, 6.45) is 1.52. The second-order valence-electron chi connectivity index (χ2n) is 3.79. The summed E-state index contributed by atoms with van der Waals surface area (Å²) in [7, 11) is 1.39. The number of hydrogen-bond donors (Lipinski definition) is 0. The van der Waals surface area contributed by atoms with E-state index < -0.39 is 11.6 Å². The number of methoxy groups -OCH3 is 1. The maximum absolute atomic E-state index is 13.9. The van der Waals surface area contributed by atoms with Gasteiger partial charge in [-0.2, -0.15) is 5.26 Å². The first-order valence-electron chi connectivity index (χ1n) is 5.52. The highest BCUT2D eigenvalue weighted by molar-refractivity contribution is 5.73. The van der Waals surface area contributed by atoms with Gasteiger partial charge in [-0.05, 0) is 17.7 Å². The first-order chi connectivity index (χ1) is 9.19. The predicted octanol–water partition coefficient (Wildman–Crippen LogP) is 3.10. The van der Waals surface area contributed by atoms with Crippen molar-refractivity contribution in [2.75, 3.05) is 7.11 Å². The minimum absolute atomic E-state index is 0.0372. The van der Waals surface area contributed by atoms with Gasteiger partial charge in [-0.3, -0.25) is 0 Å². The van der Waals surface area contributed by atoms with Gasteiger partial charge in [0.15, 0.2) is 11.6 Å². The normalized spacial score (nSPS) is 10.0. The molecule has 0 saturated carbocycles. The summed E-state index contributed by atoms with van der Waals surface area (Å²) in [5.41, 5.74) is 0.887. The number of halogens is 2. The number of benzene rings is 1. The van der Waals surface area contributed by atoms with E-state index in [1.807, 2.05) is 6.07 Å². The van der Waals surface area contributed by atoms with Crippen molar-refractivity contribution in [2.24, 2.45) is 0 Å². The molecular formula is C14H10F2N2O. The van der Waals surface area contributed by atoms with E-state index in [0.717, 1.165) is 6.07 Å². The third-order valence-electron chi connectivity index (χ3n) is 2.69. The average molecular weight is 260 g/mol. The highest BCUT2D eigenvalue weighted by atomic mass is 19.2. The van der Waals surface area contributed by atoms with Crippen LogP contribution in [0.15, 0.2) is 30.5 Å². The molecule has 0 radical (unpaired) electrons.